The highest BCUT2D eigenvalue weighted by atomic mass is 32.2. The van der Waals surface area contributed by atoms with Gasteiger partial charge in [0.25, 0.3) is 15.9 Å². The molecule has 0 atom stereocenters. The van der Waals surface area contributed by atoms with E-state index >= 15 is 0 Å². The number of nitrogens with zero attached hydrogens (tertiary/aromatic N) is 2. The second-order valence-corrected chi connectivity index (χ2v) is 9.61. The van der Waals surface area contributed by atoms with E-state index in [0.29, 0.717) is 5.56 Å². The molecule has 4 aromatic rings. The van der Waals surface area contributed by atoms with Crippen LogP contribution in [0.15, 0.2) is 71.9 Å². The van der Waals surface area contributed by atoms with Gasteiger partial charge in [0.15, 0.2) is 0 Å². The fraction of sp³-hybridized carbons (Fsp3) is 0.125. The number of amides is 1. The van der Waals surface area contributed by atoms with E-state index in [1.54, 1.807) is 24.3 Å². The molecule has 3 aromatic carbocycles. The van der Waals surface area contributed by atoms with Gasteiger partial charge in [0.2, 0.25) is 0 Å². The largest absolute Gasteiger partial charge is 0.416 e. The maximum absolute atomic E-state index is 13.3. The minimum atomic E-state index is -4.50. The van der Waals surface area contributed by atoms with Crippen molar-refractivity contribution < 1.29 is 26.4 Å². The average molecular weight is 516 g/mol. The first-order chi connectivity index (χ1) is 17.0. The van der Waals surface area contributed by atoms with Crippen molar-refractivity contribution in [2.75, 3.05) is 10.0 Å². The van der Waals surface area contributed by atoms with Crippen molar-refractivity contribution in [3.05, 3.63) is 89.2 Å². The van der Waals surface area contributed by atoms with Gasteiger partial charge >= 0.3 is 6.18 Å². The molecule has 0 aliphatic carbocycles. The molecule has 0 bridgehead atoms. The summed E-state index contributed by atoms with van der Waals surface area (Å²) < 4.78 is 67.8. The third kappa shape index (κ3) is 5.23. The van der Waals surface area contributed by atoms with E-state index < -0.39 is 27.7 Å². The molecular weight excluding hydrogens is 495 g/mol. The smallest absolute Gasteiger partial charge is 0.366 e. The molecule has 186 valence electrons. The van der Waals surface area contributed by atoms with Crippen LogP contribution < -0.4 is 15.8 Å². The van der Waals surface area contributed by atoms with Gasteiger partial charge in [-0.2, -0.15) is 13.2 Å². The first-order valence-corrected chi connectivity index (χ1v) is 12.0. The Morgan fingerprint density at radius 2 is 1.75 bits per heavy atom. The van der Waals surface area contributed by atoms with E-state index in [1.807, 2.05) is 0 Å². The van der Waals surface area contributed by atoms with Gasteiger partial charge in [-0.15, -0.1) is 0 Å². The number of alkyl halides is 3. The maximum atomic E-state index is 13.3. The summed E-state index contributed by atoms with van der Waals surface area (Å²) in [5, 5.41) is 3.19. The highest BCUT2D eigenvalue weighted by Crippen LogP contribution is 2.33. The van der Waals surface area contributed by atoms with E-state index in [1.165, 1.54) is 43.6 Å². The van der Waals surface area contributed by atoms with Crippen LogP contribution in [0.4, 0.5) is 24.7 Å². The number of primary amides is 1. The summed E-state index contributed by atoms with van der Waals surface area (Å²) in [6.07, 6.45) is -3.33. The average Bonchev–Trinajstić information content (AvgIpc) is 2.82. The van der Waals surface area contributed by atoms with Crippen molar-refractivity contribution in [1.82, 2.24) is 9.97 Å². The second-order valence-electron chi connectivity index (χ2n) is 7.93. The number of aryl methyl sites for hydroxylation is 1. The van der Waals surface area contributed by atoms with Gasteiger partial charge in [-0.25, -0.2) is 18.4 Å². The van der Waals surface area contributed by atoms with Gasteiger partial charge in [0.05, 0.1) is 27.2 Å². The Morgan fingerprint density at radius 1 is 1.03 bits per heavy atom. The third-order valence-corrected chi connectivity index (χ3v) is 6.77. The lowest BCUT2D eigenvalue weighted by Crippen LogP contribution is -2.16. The normalized spacial score (nSPS) is 11.9. The zero-order valence-electron chi connectivity index (χ0n) is 18.8. The van der Waals surface area contributed by atoms with E-state index in [2.05, 4.69) is 20.0 Å². The lowest BCUT2D eigenvalue weighted by atomic mass is 10.0. The van der Waals surface area contributed by atoms with Crippen LogP contribution in [0.1, 0.15) is 27.0 Å². The zero-order valence-corrected chi connectivity index (χ0v) is 19.6. The van der Waals surface area contributed by atoms with Crippen LogP contribution >= 0.6 is 0 Å². The Morgan fingerprint density at radius 3 is 2.42 bits per heavy atom. The first kappa shape index (κ1) is 24.9. The Bertz CT molecular complexity index is 1560. The van der Waals surface area contributed by atoms with Gasteiger partial charge < -0.3 is 11.1 Å². The van der Waals surface area contributed by atoms with Gasteiger partial charge in [-0.05, 0) is 48.4 Å². The Kier molecular flexibility index (Phi) is 6.55. The molecule has 1 amide bonds. The molecule has 0 saturated carbocycles. The number of hydrogen-bond donors (Lipinski definition) is 3. The zero-order chi connectivity index (χ0) is 26.1. The fourth-order valence-electron chi connectivity index (χ4n) is 3.64. The van der Waals surface area contributed by atoms with Gasteiger partial charge in [-0.3, -0.25) is 9.52 Å². The molecule has 1 aromatic heterocycles. The number of anilines is 2. The van der Waals surface area contributed by atoms with Crippen LogP contribution in [0.5, 0.6) is 0 Å². The molecule has 0 unspecified atom stereocenters. The van der Waals surface area contributed by atoms with Crippen LogP contribution in [-0.2, 0) is 22.7 Å². The summed E-state index contributed by atoms with van der Waals surface area (Å²) in [5.74, 6) is -0.670. The number of rotatable bonds is 7. The van der Waals surface area contributed by atoms with E-state index in [9.17, 15) is 26.4 Å². The van der Waals surface area contributed by atoms with Crippen LogP contribution in [0.3, 0.4) is 0 Å². The molecule has 1 heterocycles. The number of hydrogen-bond acceptors (Lipinski definition) is 6. The summed E-state index contributed by atoms with van der Waals surface area (Å²) in [7, 11) is -3.99. The summed E-state index contributed by atoms with van der Waals surface area (Å²) >= 11 is 0. The van der Waals surface area contributed by atoms with Crippen molar-refractivity contribution in [3.8, 4) is 0 Å². The fourth-order valence-corrected chi connectivity index (χ4v) is 4.70. The molecule has 0 aliphatic heterocycles. The quantitative estimate of drug-likeness (QED) is 0.333. The van der Waals surface area contributed by atoms with Crippen molar-refractivity contribution >= 4 is 38.3 Å². The maximum Gasteiger partial charge on any atom is 0.416 e. The summed E-state index contributed by atoms with van der Waals surface area (Å²) in [6, 6.07) is 14.3. The number of nitrogens with two attached hydrogens (primary N) is 1. The first-order valence-electron chi connectivity index (χ1n) is 10.5. The summed E-state index contributed by atoms with van der Waals surface area (Å²) in [5.41, 5.74) is 5.33. The predicted molar refractivity (Wildman–Crippen MR) is 129 cm³/mol. The second kappa shape index (κ2) is 9.46. The van der Waals surface area contributed by atoms with Crippen LogP contribution in [0, 0.1) is 6.92 Å². The molecule has 0 spiro atoms. The number of nitrogens with one attached hydrogen (secondary N) is 2. The number of aromatic nitrogens is 2. The highest BCUT2D eigenvalue weighted by molar-refractivity contribution is 7.92. The minimum Gasteiger partial charge on any atom is -0.366 e. The molecule has 12 heteroatoms. The number of carbonyl (C=O) groups excluding carboxylic acids is 1. The van der Waals surface area contributed by atoms with Gasteiger partial charge in [0, 0.05) is 11.9 Å². The van der Waals surface area contributed by atoms with Crippen LogP contribution in [0.2, 0.25) is 0 Å². The van der Waals surface area contributed by atoms with Crippen LogP contribution in [-0.4, -0.2) is 24.3 Å². The van der Waals surface area contributed by atoms with Gasteiger partial charge in [0.1, 0.15) is 12.1 Å². The van der Waals surface area contributed by atoms with Crippen molar-refractivity contribution in [1.29, 1.82) is 0 Å². The van der Waals surface area contributed by atoms with Crippen molar-refractivity contribution in [3.63, 3.8) is 0 Å². The molecule has 0 fully saturated rings. The molecule has 36 heavy (non-hydrogen) atoms. The lowest BCUT2D eigenvalue weighted by Gasteiger charge is -2.15. The molecule has 4 N–H and O–H groups in total. The third-order valence-electron chi connectivity index (χ3n) is 5.38. The Hall–Kier alpha value is -4.19. The number of halogens is 3. The van der Waals surface area contributed by atoms with Crippen molar-refractivity contribution in [2.45, 2.75) is 24.5 Å². The van der Waals surface area contributed by atoms with Gasteiger partial charge in [-0.1, -0.05) is 30.3 Å². The van der Waals surface area contributed by atoms with E-state index in [0.717, 1.165) is 6.07 Å². The monoisotopic (exact) mass is 515 g/mol. The molecule has 0 radical (unpaired) electrons. The summed E-state index contributed by atoms with van der Waals surface area (Å²) in [4.78, 5) is 20.3. The highest BCUT2D eigenvalue weighted by Gasteiger charge is 2.32. The number of fused-ring (bicyclic) bond motifs is 1. The molecule has 0 aliphatic rings. The predicted octanol–water partition coefficient (Wildman–Crippen LogP) is 4.47. The molecule has 4 rings (SSSR count). The van der Waals surface area contributed by atoms with Crippen molar-refractivity contribution in [2.24, 2.45) is 5.73 Å². The SMILES string of the molecule is Cc1ccc(CNc2ncnc3c(C(N)=O)cc(NS(=O)(=O)c4ccccc4)cc23)cc1C(F)(F)F. The Balaban J connectivity index is 1.72. The topological polar surface area (TPSA) is 127 Å². The van der Waals surface area contributed by atoms with E-state index in [-0.39, 0.29) is 45.0 Å². The number of carbonyl (C=O) groups is 1. The summed E-state index contributed by atoms with van der Waals surface area (Å²) in [6.45, 7) is 1.35. The Labute approximate surface area is 204 Å². The molecule has 0 saturated heterocycles. The standard InChI is InChI=1S/C24H20F3N5O3S/c1-14-7-8-15(9-20(14)24(25,26)27)12-29-23-19-11-16(10-18(22(28)33)21(19)30-13-31-23)32-36(34,35)17-5-3-2-4-6-17/h2-11,13,32H,12H2,1H3,(H2,28,33)(H,29,30,31). The molecular formula is C24H20F3N5O3S. The minimum absolute atomic E-state index is 0.00761. The number of sulfonamides is 1. The number of benzene rings is 3. The lowest BCUT2D eigenvalue weighted by molar-refractivity contribution is -0.138. The van der Waals surface area contributed by atoms with E-state index in [4.69, 9.17) is 5.73 Å². The van der Waals surface area contributed by atoms with Crippen LogP contribution in [0.25, 0.3) is 10.9 Å². The molecule has 8 nitrogen and oxygen atoms in total.